The predicted molar refractivity (Wildman–Crippen MR) is 173 cm³/mol. The molecule has 4 aliphatic heterocycles. The van der Waals surface area contributed by atoms with Crippen LogP contribution in [0.5, 0.6) is 0 Å². The molecule has 4 atom stereocenters. The number of nitrogens with zero attached hydrogens (tertiary/aromatic N) is 4. The van der Waals surface area contributed by atoms with Gasteiger partial charge in [-0.1, -0.05) is 30.3 Å². The summed E-state index contributed by atoms with van der Waals surface area (Å²) in [5.74, 6) is -0.499. The van der Waals surface area contributed by atoms with Crippen LogP contribution in [0.1, 0.15) is 60.2 Å². The van der Waals surface area contributed by atoms with Gasteiger partial charge < -0.3 is 9.74 Å². The van der Waals surface area contributed by atoms with E-state index in [1.54, 1.807) is 13.8 Å². The van der Waals surface area contributed by atoms with Gasteiger partial charge in [-0.25, -0.2) is 8.42 Å². The maximum atomic E-state index is 13.8. The Morgan fingerprint density at radius 2 is 1.44 bits per heavy atom. The van der Waals surface area contributed by atoms with E-state index < -0.39 is 57.1 Å². The van der Waals surface area contributed by atoms with E-state index in [4.69, 9.17) is 4.84 Å². The third kappa shape index (κ3) is 7.69. The van der Waals surface area contributed by atoms with Crippen molar-refractivity contribution in [2.75, 3.05) is 45.8 Å². The molecule has 0 aliphatic carbocycles. The molecule has 6 rings (SSSR count). The number of hydroxylamine groups is 1. The minimum absolute atomic E-state index is 0.0349. The highest BCUT2D eigenvalue weighted by molar-refractivity contribution is 7.93. The molecule has 1 N–H and O–H groups in total. The Morgan fingerprint density at radius 3 is 2.00 bits per heavy atom. The fraction of sp³-hybridized carbons (Fsp3) is 0.559. The molecule has 2 aromatic rings. The van der Waals surface area contributed by atoms with E-state index in [9.17, 15) is 39.6 Å². The highest BCUT2D eigenvalue weighted by Gasteiger charge is 2.43. The number of amides is 1. The van der Waals surface area contributed by atoms with E-state index in [1.807, 2.05) is 30.3 Å². The van der Waals surface area contributed by atoms with Crippen molar-refractivity contribution in [2.45, 2.75) is 76.1 Å². The van der Waals surface area contributed by atoms with E-state index in [0.29, 0.717) is 82.8 Å². The summed E-state index contributed by atoms with van der Waals surface area (Å²) in [5, 5.41) is 0. The van der Waals surface area contributed by atoms with E-state index in [2.05, 4.69) is 15.3 Å². The molecule has 3 saturated heterocycles. The second-order valence-electron chi connectivity index (χ2n) is 13.6. The second kappa shape index (κ2) is 14.1. The highest BCUT2D eigenvalue weighted by Crippen LogP contribution is 2.38. The Kier molecular flexibility index (Phi) is 10.3. The van der Waals surface area contributed by atoms with Gasteiger partial charge in [-0.2, -0.15) is 30.6 Å². The number of rotatable bonds is 7. The van der Waals surface area contributed by atoms with E-state index in [1.165, 1.54) is 9.21 Å². The fourth-order valence-electron chi connectivity index (χ4n) is 7.78. The first-order valence-corrected chi connectivity index (χ1v) is 18.2. The molecular formula is C34H41F6N5O4S. The number of piperazine rings is 1. The van der Waals surface area contributed by atoms with E-state index >= 15 is 0 Å². The summed E-state index contributed by atoms with van der Waals surface area (Å²) in [6.07, 6.45) is -7.99. The number of nitrogens with one attached hydrogen (secondary N) is 1. The molecule has 0 aromatic heterocycles. The Morgan fingerprint density at radius 1 is 0.860 bits per heavy atom. The Labute approximate surface area is 287 Å². The number of sulfonamides is 1. The zero-order valence-corrected chi connectivity index (χ0v) is 28.6. The van der Waals surface area contributed by atoms with Crippen molar-refractivity contribution in [1.29, 1.82) is 0 Å². The quantitative estimate of drug-likeness (QED) is 0.397. The van der Waals surface area contributed by atoms with Crippen LogP contribution in [0.4, 0.5) is 26.3 Å². The zero-order valence-electron chi connectivity index (χ0n) is 27.8. The summed E-state index contributed by atoms with van der Waals surface area (Å²) in [6, 6.07) is 9.59. The second-order valence-corrected chi connectivity index (χ2v) is 15.5. The Hall–Kier alpha value is -3.18. The van der Waals surface area contributed by atoms with Gasteiger partial charge in [0.25, 0.3) is 5.91 Å². The topological polar surface area (TPSA) is 85.4 Å². The average molecular weight is 730 g/mol. The lowest BCUT2D eigenvalue weighted by atomic mass is 9.90. The van der Waals surface area contributed by atoms with Gasteiger partial charge in [-0.3, -0.25) is 14.6 Å². The largest absolute Gasteiger partial charge is 0.416 e. The number of allylic oxidation sites excluding steroid dienone is 1. The van der Waals surface area contributed by atoms with Crippen molar-refractivity contribution in [1.82, 2.24) is 24.5 Å². The molecule has 3 fully saturated rings. The van der Waals surface area contributed by atoms with Crippen molar-refractivity contribution in [3.8, 4) is 0 Å². The first-order chi connectivity index (χ1) is 23.5. The van der Waals surface area contributed by atoms with Crippen molar-refractivity contribution in [2.24, 2.45) is 0 Å². The van der Waals surface area contributed by atoms with Gasteiger partial charge in [0.05, 0.1) is 17.2 Å². The van der Waals surface area contributed by atoms with Crippen LogP contribution in [-0.2, 0) is 33.6 Å². The molecular weight excluding hydrogens is 688 g/mol. The van der Waals surface area contributed by atoms with Gasteiger partial charge in [0.1, 0.15) is 10.7 Å². The zero-order chi connectivity index (χ0) is 36.0. The lowest BCUT2D eigenvalue weighted by molar-refractivity contribution is -0.143. The number of hydrogen-bond donors (Lipinski definition) is 1. The average Bonchev–Trinajstić information content (AvgIpc) is 3.71. The van der Waals surface area contributed by atoms with Crippen LogP contribution in [0.15, 0.2) is 59.2 Å². The molecule has 0 spiro atoms. The molecule has 2 aromatic carbocycles. The van der Waals surface area contributed by atoms with E-state index in [-0.39, 0.29) is 29.6 Å². The number of hydrogen-bond acceptors (Lipinski definition) is 7. The van der Waals surface area contributed by atoms with Crippen LogP contribution < -0.4 is 5.48 Å². The van der Waals surface area contributed by atoms with Crippen molar-refractivity contribution < 1.29 is 44.4 Å². The Balaban J connectivity index is 1.13. The molecule has 16 heteroatoms. The summed E-state index contributed by atoms with van der Waals surface area (Å²) in [7, 11) is -3.68. The van der Waals surface area contributed by atoms with Crippen molar-refractivity contribution >= 4 is 15.9 Å². The maximum Gasteiger partial charge on any atom is 0.416 e. The number of carbonyl (C=O) groups excluding carboxylic acids is 1. The standard InChI is InChI=1S/C34H41F6N5O4S/c1-22-31(23(2)49-41-22)50(47,48)44-10-8-29(21-44)43-14-12-42(13-15-43)28-9-11-45(30(20-28)16-24-6-4-3-5-7-24)32(46)25-17-26(33(35,36)37)19-27(18-25)34(38,39)40/h3-7,17-19,22,28-30,41H,8-16,20-21H2,1-2H3. The molecule has 0 bridgehead atoms. The molecule has 4 unspecified atom stereocenters. The van der Waals surface area contributed by atoms with Gasteiger partial charge in [0.15, 0.2) is 0 Å². The smallest absolute Gasteiger partial charge is 0.412 e. The highest BCUT2D eigenvalue weighted by atomic mass is 32.2. The molecule has 274 valence electrons. The lowest BCUT2D eigenvalue weighted by Gasteiger charge is -2.47. The minimum Gasteiger partial charge on any atom is -0.412 e. The van der Waals surface area contributed by atoms with E-state index in [0.717, 1.165) is 5.56 Å². The number of likely N-dealkylation sites (tertiary alicyclic amines) is 1. The van der Waals surface area contributed by atoms with Crippen molar-refractivity contribution in [3.63, 3.8) is 0 Å². The molecule has 0 saturated carbocycles. The summed E-state index contributed by atoms with van der Waals surface area (Å²) in [5.41, 5.74) is -0.0560. The lowest BCUT2D eigenvalue weighted by Crippen LogP contribution is -2.58. The van der Waals surface area contributed by atoms with Gasteiger partial charge in [0, 0.05) is 69.5 Å². The summed E-state index contributed by atoms with van der Waals surface area (Å²) in [4.78, 5) is 25.4. The van der Waals surface area contributed by atoms with Gasteiger partial charge in [-0.05, 0) is 63.3 Å². The molecule has 50 heavy (non-hydrogen) atoms. The summed E-state index contributed by atoms with van der Waals surface area (Å²) >= 11 is 0. The fourth-order valence-corrected chi connectivity index (χ4v) is 9.67. The van der Waals surface area contributed by atoms with Gasteiger partial charge >= 0.3 is 12.4 Å². The minimum atomic E-state index is -5.06. The van der Waals surface area contributed by atoms with Crippen molar-refractivity contribution in [3.05, 3.63) is 81.4 Å². The van der Waals surface area contributed by atoms with Gasteiger partial charge in [-0.15, -0.1) is 5.48 Å². The molecule has 1 amide bonds. The first-order valence-electron chi connectivity index (χ1n) is 16.8. The number of benzene rings is 2. The Bertz CT molecular complexity index is 1660. The predicted octanol–water partition coefficient (Wildman–Crippen LogP) is 5.12. The monoisotopic (exact) mass is 729 g/mol. The number of piperidine rings is 1. The van der Waals surface area contributed by atoms with Gasteiger partial charge in [0.2, 0.25) is 10.0 Å². The first kappa shape index (κ1) is 36.6. The molecule has 4 aliphatic rings. The van der Waals surface area contributed by atoms with Crippen LogP contribution in [0.25, 0.3) is 0 Å². The third-order valence-electron chi connectivity index (χ3n) is 10.4. The molecule has 0 radical (unpaired) electrons. The van der Waals surface area contributed by atoms with Crippen LogP contribution in [-0.4, -0.2) is 103 Å². The maximum absolute atomic E-state index is 13.8. The molecule has 4 heterocycles. The third-order valence-corrected chi connectivity index (χ3v) is 12.6. The molecule has 9 nitrogen and oxygen atoms in total. The van der Waals surface area contributed by atoms with Crippen LogP contribution in [0.2, 0.25) is 0 Å². The van der Waals surface area contributed by atoms with Crippen LogP contribution >= 0.6 is 0 Å². The number of halogens is 6. The number of carbonyl (C=O) groups is 1. The summed E-state index contributed by atoms with van der Waals surface area (Å²) < 4.78 is 110. The van der Waals surface area contributed by atoms with Crippen LogP contribution in [0, 0.1) is 0 Å². The number of alkyl halides is 6. The SMILES string of the molecule is CC1=C(S(=O)(=O)N2CCC(N3CCN(C4CCN(C(=O)c5cc(C(F)(F)F)cc(C(F)(F)F)c5)C(Cc5ccccc5)C4)CC3)C2)C(C)NO1. The summed E-state index contributed by atoms with van der Waals surface area (Å²) in [6.45, 7) is 7.22. The van der Waals surface area contributed by atoms with Crippen LogP contribution in [0.3, 0.4) is 0 Å². The normalized spacial score (nSPS) is 26.4.